The van der Waals surface area contributed by atoms with E-state index < -0.39 is 15.1 Å². The van der Waals surface area contributed by atoms with E-state index in [0.29, 0.717) is 11.1 Å². The number of aromatic nitrogens is 2. The van der Waals surface area contributed by atoms with Crippen molar-refractivity contribution in [3.05, 3.63) is 35.7 Å². The maximum absolute atomic E-state index is 11.4. The molecule has 6 nitrogen and oxygen atoms in total. The van der Waals surface area contributed by atoms with E-state index in [-0.39, 0.29) is 11.7 Å². The molecule has 0 aliphatic heterocycles. The quantitative estimate of drug-likeness (QED) is 0.847. The molecule has 19 heavy (non-hydrogen) atoms. The van der Waals surface area contributed by atoms with Crippen LogP contribution in [0.15, 0.2) is 28.8 Å². The Morgan fingerprint density at radius 3 is 2.47 bits per heavy atom. The van der Waals surface area contributed by atoms with Gasteiger partial charge in [0.05, 0.1) is 11.6 Å². The van der Waals surface area contributed by atoms with Gasteiger partial charge in [-0.3, -0.25) is 0 Å². The summed E-state index contributed by atoms with van der Waals surface area (Å²) in [5.74, 6) is 0.358. The number of rotatable bonds is 3. The highest BCUT2D eigenvalue weighted by Gasteiger charge is 2.23. The molecule has 7 heteroatoms. The summed E-state index contributed by atoms with van der Waals surface area (Å²) in [5.41, 5.74) is 1.16. The molecular weight excluding hydrogens is 266 g/mol. The van der Waals surface area contributed by atoms with E-state index in [1.165, 1.54) is 6.92 Å². The normalized spacial score (nSPS) is 12.9. The fourth-order valence-electron chi connectivity index (χ4n) is 1.40. The molecule has 1 unspecified atom stereocenters. The number of nitrogens with zero attached hydrogens (tertiary/aromatic N) is 3. The molecule has 2 aromatic rings. The van der Waals surface area contributed by atoms with Crippen molar-refractivity contribution in [1.29, 1.82) is 5.26 Å². The molecular formula is C12H11N3O3S. The van der Waals surface area contributed by atoms with Gasteiger partial charge in [0.15, 0.2) is 15.7 Å². The van der Waals surface area contributed by atoms with Crippen LogP contribution in [0.5, 0.6) is 0 Å². The highest BCUT2D eigenvalue weighted by molar-refractivity contribution is 7.90. The Kier molecular flexibility index (Phi) is 3.36. The lowest BCUT2D eigenvalue weighted by molar-refractivity contribution is 0.422. The molecule has 1 aromatic heterocycles. The van der Waals surface area contributed by atoms with Gasteiger partial charge in [-0.1, -0.05) is 5.16 Å². The van der Waals surface area contributed by atoms with Crippen LogP contribution in [0.2, 0.25) is 0 Å². The Balaban J connectivity index is 2.33. The molecule has 0 fully saturated rings. The lowest BCUT2D eigenvalue weighted by Crippen LogP contribution is -2.09. The van der Waals surface area contributed by atoms with Crippen molar-refractivity contribution in [2.75, 3.05) is 6.26 Å². The Morgan fingerprint density at radius 2 is 1.95 bits per heavy atom. The van der Waals surface area contributed by atoms with Crippen molar-refractivity contribution in [2.45, 2.75) is 12.2 Å². The van der Waals surface area contributed by atoms with Crippen LogP contribution in [-0.4, -0.2) is 24.8 Å². The fourth-order valence-corrected chi connectivity index (χ4v) is 1.87. The molecule has 1 heterocycles. The molecule has 2 rings (SSSR count). The largest absolute Gasteiger partial charge is 0.334 e. The second-order valence-electron chi connectivity index (χ2n) is 4.12. The average molecular weight is 277 g/mol. The maximum Gasteiger partial charge on any atom is 0.257 e. The summed E-state index contributed by atoms with van der Waals surface area (Å²) in [4.78, 5) is 4.06. The van der Waals surface area contributed by atoms with Crippen molar-refractivity contribution in [3.8, 4) is 17.5 Å². The van der Waals surface area contributed by atoms with Crippen molar-refractivity contribution < 1.29 is 12.9 Å². The Morgan fingerprint density at radius 1 is 1.32 bits per heavy atom. The minimum Gasteiger partial charge on any atom is -0.334 e. The third-order valence-electron chi connectivity index (χ3n) is 2.71. The zero-order chi connectivity index (χ0) is 14.0. The Labute approximate surface area is 110 Å². The van der Waals surface area contributed by atoms with Crippen LogP contribution in [0, 0.1) is 11.3 Å². The molecule has 1 atom stereocenters. The van der Waals surface area contributed by atoms with Gasteiger partial charge < -0.3 is 4.52 Å². The fraction of sp³-hybridized carbons (Fsp3) is 0.250. The lowest BCUT2D eigenvalue weighted by atomic mass is 10.1. The monoisotopic (exact) mass is 277 g/mol. The summed E-state index contributed by atoms with van der Waals surface area (Å²) in [7, 11) is -3.26. The SMILES string of the molecule is CC(c1noc(-c2ccc(C#N)cc2)n1)S(C)(=O)=O. The number of hydrogen-bond acceptors (Lipinski definition) is 6. The number of benzene rings is 1. The van der Waals surface area contributed by atoms with Gasteiger partial charge >= 0.3 is 0 Å². The van der Waals surface area contributed by atoms with Crippen molar-refractivity contribution in [3.63, 3.8) is 0 Å². The molecule has 98 valence electrons. The lowest BCUT2D eigenvalue weighted by Gasteiger charge is -2.01. The van der Waals surface area contributed by atoms with Crippen LogP contribution < -0.4 is 0 Å². The summed E-state index contributed by atoms with van der Waals surface area (Å²) in [5, 5.41) is 11.6. The van der Waals surface area contributed by atoms with Crippen LogP contribution in [0.4, 0.5) is 0 Å². The maximum atomic E-state index is 11.4. The van der Waals surface area contributed by atoms with Crippen molar-refractivity contribution in [2.24, 2.45) is 0 Å². The van der Waals surface area contributed by atoms with Gasteiger partial charge in [0.1, 0.15) is 5.25 Å². The molecule has 0 aliphatic rings. The first-order valence-electron chi connectivity index (χ1n) is 5.45. The van der Waals surface area contributed by atoms with Gasteiger partial charge in [-0.05, 0) is 31.2 Å². The van der Waals surface area contributed by atoms with Crippen molar-refractivity contribution in [1.82, 2.24) is 10.1 Å². The van der Waals surface area contributed by atoms with E-state index in [0.717, 1.165) is 6.26 Å². The van der Waals surface area contributed by atoms with Crippen LogP contribution in [-0.2, 0) is 9.84 Å². The van der Waals surface area contributed by atoms with Gasteiger partial charge in [0.2, 0.25) is 0 Å². The zero-order valence-electron chi connectivity index (χ0n) is 10.4. The molecule has 0 amide bonds. The second kappa shape index (κ2) is 4.82. The summed E-state index contributed by atoms with van der Waals surface area (Å²) < 4.78 is 27.8. The third kappa shape index (κ3) is 2.80. The molecule has 1 aromatic carbocycles. The van der Waals surface area contributed by atoms with E-state index >= 15 is 0 Å². The summed E-state index contributed by atoms with van der Waals surface area (Å²) in [6.45, 7) is 1.50. The molecule has 0 radical (unpaired) electrons. The number of hydrogen-bond donors (Lipinski definition) is 0. The summed E-state index contributed by atoms with van der Waals surface area (Å²) in [6, 6.07) is 8.59. The van der Waals surface area contributed by atoms with Gasteiger partial charge in [-0.25, -0.2) is 8.42 Å². The number of nitriles is 1. The molecule has 0 N–H and O–H groups in total. The van der Waals surface area contributed by atoms with Crippen molar-refractivity contribution >= 4 is 9.84 Å². The highest BCUT2D eigenvalue weighted by Crippen LogP contribution is 2.22. The van der Waals surface area contributed by atoms with E-state index in [1.807, 2.05) is 6.07 Å². The first kappa shape index (κ1) is 13.2. The van der Waals surface area contributed by atoms with Crippen LogP contribution in [0.25, 0.3) is 11.5 Å². The molecule has 0 saturated carbocycles. The van der Waals surface area contributed by atoms with Crippen LogP contribution >= 0.6 is 0 Å². The Hall–Kier alpha value is -2.20. The van der Waals surface area contributed by atoms with Gasteiger partial charge in [-0.15, -0.1) is 0 Å². The number of sulfone groups is 1. The first-order chi connectivity index (χ1) is 8.91. The van der Waals surface area contributed by atoms with Gasteiger partial charge in [0.25, 0.3) is 5.89 Å². The van der Waals surface area contributed by atoms with Gasteiger partial charge in [0, 0.05) is 11.8 Å². The highest BCUT2D eigenvalue weighted by atomic mass is 32.2. The zero-order valence-corrected chi connectivity index (χ0v) is 11.2. The van der Waals surface area contributed by atoms with Crippen LogP contribution in [0.3, 0.4) is 0 Å². The molecule has 0 spiro atoms. The smallest absolute Gasteiger partial charge is 0.257 e. The topological polar surface area (TPSA) is 96.8 Å². The first-order valence-corrected chi connectivity index (χ1v) is 7.40. The van der Waals surface area contributed by atoms with E-state index in [1.54, 1.807) is 24.3 Å². The minimum absolute atomic E-state index is 0.127. The Bertz CT molecular complexity index is 726. The van der Waals surface area contributed by atoms with Crippen LogP contribution in [0.1, 0.15) is 23.6 Å². The van der Waals surface area contributed by atoms with E-state index in [9.17, 15) is 8.42 Å². The molecule has 0 saturated heterocycles. The predicted molar refractivity (Wildman–Crippen MR) is 67.7 cm³/mol. The minimum atomic E-state index is -3.26. The summed E-state index contributed by atoms with van der Waals surface area (Å²) in [6.07, 6.45) is 1.12. The standard InChI is InChI=1S/C12H11N3O3S/c1-8(19(2,16)17)11-14-12(18-15-11)10-5-3-9(7-13)4-6-10/h3-6,8H,1-2H3. The summed E-state index contributed by atoms with van der Waals surface area (Å²) >= 11 is 0. The predicted octanol–water partition coefficient (Wildman–Crippen LogP) is 1.71. The second-order valence-corrected chi connectivity index (χ2v) is 6.48. The van der Waals surface area contributed by atoms with Gasteiger partial charge in [-0.2, -0.15) is 10.2 Å². The average Bonchev–Trinajstić information content (AvgIpc) is 2.86. The molecule has 0 bridgehead atoms. The molecule has 0 aliphatic carbocycles. The third-order valence-corrected chi connectivity index (χ3v) is 4.20. The van der Waals surface area contributed by atoms with E-state index in [4.69, 9.17) is 9.78 Å². The van der Waals surface area contributed by atoms with E-state index in [2.05, 4.69) is 10.1 Å².